The third-order valence-corrected chi connectivity index (χ3v) is 5.23. The Bertz CT molecular complexity index is 452. The molecule has 0 aromatic carbocycles. The molecular formula is C13H20N2O2S. The summed E-state index contributed by atoms with van der Waals surface area (Å²) < 4.78 is 0. The first-order valence-electron chi connectivity index (χ1n) is 6.47. The van der Waals surface area contributed by atoms with E-state index in [1.165, 1.54) is 30.6 Å². The Morgan fingerprint density at radius 1 is 1.50 bits per heavy atom. The van der Waals surface area contributed by atoms with Gasteiger partial charge in [-0.1, -0.05) is 13.8 Å². The fourth-order valence-corrected chi connectivity index (χ4v) is 3.57. The van der Waals surface area contributed by atoms with E-state index < -0.39 is 5.97 Å². The van der Waals surface area contributed by atoms with Gasteiger partial charge in [-0.05, 0) is 31.6 Å². The molecule has 0 aliphatic carbocycles. The van der Waals surface area contributed by atoms with Gasteiger partial charge in [-0.2, -0.15) is 0 Å². The van der Waals surface area contributed by atoms with Crippen LogP contribution in [0.2, 0.25) is 0 Å². The summed E-state index contributed by atoms with van der Waals surface area (Å²) in [5.74, 6) is -0.925. The molecule has 100 valence electrons. The highest BCUT2D eigenvalue weighted by Crippen LogP contribution is 2.40. The number of aromatic nitrogens is 1. The molecule has 4 nitrogen and oxygen atoms in total. The second-order valence-electron chi connectivity index (χ2n) is 5.09. The summed E-state index contributed by atoms with van der Waals surface area (Å²) in [5.41, 5.74) is 0.601. The summed E-state index contributed by atoms with van der Waals surface area (Å²) in [6, 6.07) is 0. The normalized spacial score (nSPS) is 18.3. The number of anilines is 1. The number of hydrogen-bond donors (Lipinski definition) is 1. The lowest BCUT2D eigenvalue weighted by atomic mass is 9.82. The quantitative estimate of drug-likeness (QED) is 0.911. The van der Waals surface area contributed by atoms with Gasteiger partial charge in [0.1, 0.15) is 0 Å². The Labute approximate surface area is 112 Å². The highest BCUT2D eigenvalue weighted by molar-refractivity contribution is 7.15. The van der Waals surface area contributed by atoms with Crippen LogP contribution in [0.25, 0.3) is 0 Å². The number of carbonyl (C=O) groups is 1. The highest BCUT2D eigenvalue weighted by atomic mass is 32.1. The largest absolute Gasteiger partial charge is 0.476 e. The lowest BCUT2D eigenvalue weighted by molar-refractivity contribution is 0.0690. The van der Waals surface area contributed by atoms with Crippen LogP contribution in [0.3, 0.4) is 0 Å². The molecule has 1 fully saturated rings. The van der Waals surface area contributed by atoms with E-state index >= 15 is 0 Å². The number of aryl methyl sites for hydroxylation is 1. The van der Waals surface area contributed by atoms with Crippen molar-refractivity contribution >= 4 is 22.4 Å². The second-order valence-corrected chi connectivity index (χ2v) is 6.27. The van der Waals surface area contributed by atoms with E-state index in [0.29, 0.717) is 5.41 Å². The molecule has 1 aliphatic rings. The summed E-state index contributed by atoms with van der Waals surface area (Å²) >= 11 is 1.50. The molecule has 2 rings (SSSR count). The van der Waals surface area contributed by atoms with Crippen molar-refractivity contribution in [2.24, 2.45) is 5.41 Å². The summed E-state index contributed by atoms with van der Waals surface area (Å²) in [6.45, 7) is 8.30. The molecule has 2 heterocycles. The van der Waals surface area contributed by atoms with E-state index in [9.17, 15) is 4.79 Å². The molecule has 1 N–H and O–H groups in total. The van der Waals surface area contributed by atoms with Crippen LogP contribution in [-0.4, -0.2) is 29.1 Å². The van der Waals surface area contributed by atoms with Gasteiger partial charge in [-0.25, -0.2) is 9.78 Å². The van der Waals surface area contributed by atoms with Crippen molar-refractivity contribution < 1.29 is 9.90 Å². The summed E-state index contributed by atoms with van der Waals surface area (Å²) in [4.78, 5) is 18.3. The van der Waals surface area contributed by atoms with Crippen molar-refractivity contribution in [3.05, 3.63) is 10.6 Å². The average molecular weight is 268 g/mol. The lowest BCUT2D eigenvalue weighted by Crippen LogP contribution is -2.26. The smallest absolute Gasteiger partial charge is 0.355 e. The van der Waals surface area contributed by atoms with E-state index in [0.717, 1.165) is 23.1 Å². The van der Waals surface area contributed by atoms with Gasteiger partial charge in [0.15, 0.2) is 10.8 Å². The fourth-order valence-electron chi connectivity index (χ4n) is 2.64. The van der Waals surface area contributed by atoms with Crippen molar-refractivity contribution in [1.29, 1.82) is 0 Å². The molecule has 1 aromatic rings. The van der Waals surface area contributed by atoms with Gasteiger partial charge in [0.05, 0.1) is 0 Å². The number of aromatic carboxylic acids is 1. The minimum absolute atomic E-state index is 0.209. The molecule has 18 heavy (non-hydrogen) atoms. The van der Waals surface area contributed by atoms with E-state index in [1.54, 1.807) is 0 Å². The van der Waals surface area contributed by atoms with Crippen molar-refractivity contribution in [3.8, 4) is 0 Å². The minimum atomic E-state index is -0.925. The van der Waals surface area contributed by atoms with Crippen LogP contribution < -0.4 is 4.90 Å². The van der Waals surface area contributed by atoms with Gasteiger partial charge in [-0.15, -0.1) is 11.3 Å². The summed E-state index contributed by atoms with van der Waals surface area (Å²) in [5, 5.41) is 9.91. The summed E-state index contributed by atoms with van der Waals surface area (Å²) in [6.07, 6.45) is 3.54. The maximum absolute atomic E-state index is 11.0. The molecule has 0 atom stereocenters. The molecule has 5 heteroatoms. The molecule has 1 aromatic heterocycles. The van der Waals surface area contributed by atoms with Crippen molar-refractivity contribution in [3.63, 3.8) is 0 Å². The van der Waals surface area contributed by atoms with Crippen LogP contribution in [0.15, 0.2) is 0 Å². The third-order valence-electron chi connectivity index (χ3n) is 4.20. The first kappa shape index (κ1) is 13.3. The Morgan fingerprint density at radius 3 is 2.61 bits per heavy atom. The topological polar surface area (TPSA) is 53.4 Å². The zero-order valence-corrected chi connectivity index (χ0v) is 12.0. The van der Waals surface area contributed by atoms with Crippen molar-refractivity contribution in [2.45, 2.75) is 40.0 Å². The van der Waals surface area contributed by atoms with E-state index in [4.69, 9.17) is 5.11 Å². The number of rotatable bonds is 4. The monoisotopic (exact) mass is 268 g/mol. The maximum atomic E-state index is 11.0. The first-order chi connectivity index (χ1) is 8.51. The van der Waals surface area contributed by atoms with Gasteiger partial charge in [0.2, 0.25) is 0 Å². The van der Waals surface area contributed by atoms with Crippen LogP contribution in [0.1, 0.15) is 48.5 Å². The van der Waals surface area contributed by atoms with Gasteiger partial charge in [-0.3, -0.25) is 0 Å². The molecule has 0 amide bonds. The molecule has 0 radical (unpaired) electrons. The first-order valence-corrected chi connectivity index (χ1v) is 7.28. The van der Waals surface area contributed by atoms with E-state index in [1.807, 2.05) is 6.92 Å². The van der Waals surface area contributed by atoms with Crippen LogP contribution >= 0.6 is 11.3 Å². The molecule has 0 unspecified atom stereocenters. The van der Waals surface area contributed by atoms with Crippen LogP contribution in [0.4, 0.5) is 5.13 Å². The Kier molecular flexibility index (Phi) is 3.61. The Morgan fingerprint density at radius 2 is 2.17 bits per heavy atom. The zero-order chi connectivity index (χ0) is 13.3. The van der Waals surface area contributed by atoms with Gasteiger partial charge in [0, 0.05) is 18.0 Å². The number of hydrogen-bond acceptors (Lipinski definition) is 4. The maximum Gasteiger partial charge on any atom is 0.355 e. The Balaban J connectivity index is 2.19. The molecule has 0 saturated carbocycles. The lowest BCUT2D eigenvalue weighted by Gasteiger charge is -2.26. The molecule has 1 aliphatic heterocycles. The predicted octanol–water partition coefficient (Wildman–Crippen LogP) is 3.17. The van der Waals surface area contributed by atoms with Gasteiger partial charge >= 0.3 is 5.97 Å². The SMILES string of the molecule is CCC1(CC)CCN(c2nc(C(=O)O)c(C)s2)C1. The number of carboxylic acid groups (broad SMARTS) is 1. The van der Waals surface area contributed by atoms with Crippen molar-refractivity contribution in [1.82, 2.24) is 4.98 Å². The number of thiazole rings is 1. The highest BCUT2D eigenvalue weighted by Gasteiger charge is 2.36. The van der Waals surface area contributed by atoms with Crippen LogP contribution in [0, 0.1) is 12.3 Å². The molecule has 0 bridgehead atoms. The Hall–Kier alpha value is -1.10. The standard InChI is InChI=1S/C13H20N2O2S/c1-4-13(5-2)6-7-15(8-13)12-14-10(11(16)17)9(3)18-12/h4-8H2,1-3H3,(H,16,17). The number of nitrogens with zero attached hydrogens (tertiary/aromatic N) is 2. The average Bonchev–Trinajstić information content (AvgIpc) is 2.93. The van der Waals surface area contributed by atoms with E-state index in [2.05, 4.69) is 23.7 Å². The molecule has 1 saturated heterocycles. The second kappa shape index (κ2) is 4.88. The van der Waals surface area contributed by atoms with Crippen LogP contribution in [0.5, 0.6) is 0 Å². The zero-order valence-electron chi connectivity index (χ0n) is 11.2. The van der Waals surface area contributed by atoms with Crippen molar-refractivity contribution in [2.75, 3.05) is 18.0 Å². The van der Waals surface area contributed by atoms with Gasteiger partial charge in [0.25, 0.3) is 0 Å². The fraction of sp³-hybridized carbons (Fsp3) is 0.692. The molecule has 0 spiro atoms. The predicted molar refractivity (Wildman–Crippen MR) is 73.7 cm³/mol. The van der Waals surface area contributed by atoms with E-state index in [-0.39, 0.29) is 5.69 Å². The van der Waals surface area contributed by atoms with Gasteiger partial charge < -0.3 is 10.0 Å². The number of carboxylic acids is 1. The van der Waals surface area contributed by atoms with Crippen LogP contribution in [-0.2, 0) is 0 Å². The minimum Gasteiger partial charge on any atom is -0.476 e. The molecular weight excluding hydrogens is 248 g/mol. The summed E-state index contributed by atoms with van der Waals surface area (Å²) in [7, 11) is 0. The third kappa shape index (κ3) is 2.23.